The van der Waals surface area contributed by atoms with Crippen LogP contribution in [0.5, 0.6) is 0 Å². The zero-order valence-electron chi connectivity index (χ0n) is 25.7. The van der Waals surface area contributed by atoms with E-state index in [1.54, 1.807) is 27.7 Å². The highest BCUT2D eigenvalue weighted by molar-refractivity contribution is 9.12. The lowest BCUT2D eigenvalue weighted by Crippen LogP contribution is -2.28. The van der Waals surface area contributed by atoms with Crippen LogP contribution in [0.25, 0.3) is 0 Å². The van der Waals surface area contributed by atoms with Crippen molar-refractivity contribution >= 4 is 74.3 Å². The number of carbonyl (C=O) groups excluding carboxylic acids is 5. The second kappa shape index (κ2) is 14.0. The van der Waals surface area contributed by atoms with E-state index in [0.29, 0.717) is 33.6 Å². The van der Waals surface area contributed by atoms with Crippen molar-refractivity contribution < 1.29 is 24.0 Å². The highest BCUT2D eigenvalue weighted by Crippen LogP contribution is 2.25. The Balaban J connectivity index is 1.39. The molecule has 4 heterocycles. The number of amidine groups is 1. The summed E-state index contributed by atoms with van der Waals surface area (Å²) >= 11 is 2.98. The lowest BCUT2D eigenvalue weighted by molar-refractivity contribution is -0.112. The number of halogens is 1. The average Bonchev–Trinajstić information content (AvgIpc) is 3.76. The van der Waals surface area contributed by atoms with E-state index >= 15 is 0 Å². The first-order valence-electron chi connectivity index (χ1n) is 13.9. The molecule has 0 bridgehead atoms. The van der Waals surface area contributed by atoms with Crippen LogP contribution < -0.4 is 32.3 Å². The molecule has 0 aromatic carbocycles. The van der Waals surface area contributed by atoms with Crippen LogP contribution in [0.4, 0.5) is 23.0 Å². The number of aromatic amines is 4. The van der Waals surface area contributed by atoms with Crippen molar-refractivity contribution in [2.45, 2.75) is 34.1 Å². The van der Waals surface area contributed by atoms with Crippen molar-refractivity contribution in [2.75, 3.05) is 27.8 Å². The van der Waals surface area contributed by atoms with Gasteiger partial charge in [-0.2, -0.15) is 10.2 Å². The molecule has 4 rings (SSSR count). The third-order valence-corrected chi connectivity index (χ3v) is 7.45. The summed E-state index contributed by atoms with van der Waals surface area (Å²) < 4.78 is 0.0883. The van der Waals surface area contributed by atoms with E-state index in [-0.39, 0.29) is 57.7 Å². The molecule has 0 atom stereocenters. The van der Waals surface area contributed by atoms with E-state index in [2.05, 4.69) is 79.5 Å². The molecular formula is C28H32BrN13O5. The number of carbonyl (C=O) groups is 5. The Kier molecular flexibility index (Phi) is 10.1. The standard InChI is InChI=1S/C28H32BrN13O5/c1-10-15(8-33-18(10)25(44)32-7-6-17(30)31)35-26(45)19-11(2)16(9-34-19)36-27(46)20-12(3)23(42-39-20)38-28(47)21-13(4)22(41-40-21)37-24(43)14(5)29/h8-9,33-34H,5-7H2,1-4H3,(H3,30,31)(H,32,44)(H,35,45)(H,36,46)(H2,37,40,41,43)(H2,38,39,42,47). The smallest absolute Gasteiger partial charge is 0.275 e. The lowest BCUT2D eigenvalue weighted by atomic mass is 10.2. The lowest BCUT2D eigenvalue weighted by Gasteiger charge is -2.07. The molecule has 0 saturated heterocycles. The Morgan fingerprint density at radius 1 is 0.745 bits per heavy atom. The minimum absolute atomic E-state index is 0.0466. The van der Waals surface area contributed by atoms with Crippen molar-refractivity contribution in [3.63, 3.8) is 0 Å². The van der Waals surface area contributed by atoms with Gasteiger partial charge in [0.1, 0.15) is 22.8 Å². The number of amides is 5. The van der Waals surface area contributed by atoms with E-state index < -0.39 is 29.5 Å². The Labute approximate surface area is 275 Å². The molecule has 18 nitrogen and oxygen atoms in total. The first-order valence-corrected chi connectivity index (χ1v) is 14.7. The number of aromatic nitrogens is 6. The number of rotatable bonds is 12. The predicted octanol–water partition coefficient (Wildman–Crippen LogP) is 2.68. The third-order valence-electron chi connectivity index (χ3n) is 7.09. The van der Waals surface area contributed by atoms with E-state index in [1.165, 1.54) is 12.4 Å². The highest BCUT2D eigenvalue weighted by atomic mass is 79.9. The van der Waals surface area contributed by atoms with Crippen molar-refractivity contribution in [2.24, 2.45) is 5.73 Å². The molecule has 4 aromatic heterocycles. The van der Waals surface area contributed by atoms with Crippen molar-refractivity contribution in [3.8, 4) is 0 Å². The van der Waals surface area contributed by atoms with Gasteiger partial charge in [-0.15, -0.1) is 0 Å². The summed E-state index contributed by atoms with van der Waals surface area (Å²) in [5, 5.41) is 33.6. The van der Waals surface area contributed by atoms with Crippen LogP contribution in [0.3, 0.4) is 0 Å². The molecule has 0 aliphatic rings. The zero-order chi connectivity index (χ0) is 34.6. The number of hydrogen-bond donors (Lipinski definition) is 11. The zero-order valence-corrected chi connectivity index (χ0v) is 27.3. The Hall–Kier alpha value is -5.98. The van der Waals surface area contributed by atoms with Crippen molar-refractivity contribution in [1.82, 2.24) is 35.7 Å². The molecule has 0 spiro atoms. The van der Waals surface area contributed by atoms with E-state index in [0.717, 1.165) is 0 Å². The first-order chi connectivity index (χ1) is 22.2. The number of hydrogen-bond acceptors (Lipinski definition) is 8. The summed E-state index contributed by atoms with van der Waals surface area (Å²) in [7, 11) is 0. The largest absolute Gasteiger partial charge is 0.388 e. The third kappa shape index (κ3) is 7.47. The summed E-state index contributed by atoms with van der Waals surface area (Å²) in [5.41, 5.74) is 8.24. The van der Waals surface area contributed by atoms with Crippen LogP contribution >= 0.6 is 15.9 Å². The molecule has 47 heavy (non-hydrogen) atoms. The average molecular weight is 711 g/mol. The van der Waals surface area contributed by atoms with Crippen LogP contribution in [0.15, 0.2) is 23.5 Å². The molecular weight excluding hydrogens is 678 g/mol. The predicted molar refractivity (Wildman–Crippen MR) is 177 cm³/mol. The number of nitrogens with one attached hydrogen (secondary N) is 10. The van der Waals surface area contributed by atoms with Gasteiger partial charge in [0.05, 0.1) is 21.7 Å². The number of nitrogens with zero attached hydrogens (tertiary/aromatic N) is 2. The van der Waals surface area contributed by atoms with Gasteiger partial charge in [-0.05, 0) is 43.6 Å². The van der Waals surface area contributed by atoms with E-state index in [9.17, 15) is 24.0 Å². The molecule has 0 radical (unpaired) electrons. The van der Waals surface area contributed by atoms with Gasteiger partial charge in [-0.3, -0.25) is 39.6 Å². The summed E-state index contributed by atoms with van der Waals surface area (Å²) in [5.74, 6) is -2.43. The minimum Gasteiger partial charge on any atom is -0.388 e. The molecule has 0 saturated carbocycles. The van der Waals surface area contributed by atoms with Crippen molar-refractivity contribution in [1.29, 1.82) is 5.41 Å². The Bertz CT molecular complexity index is 1930. The molecule has 0 unspecified atom stereocenters. The molecule has 246 valence electrons. The summed E-state index contributed by atoms with van der Waals surface area (Å²) in [4.78, 5) is 69.1. The number of anilines is 4. The second-order valence-corrected chi connectivity index (χ2v) is 11.3. The maximum atomic E-state index is 13.1. The first kappa shape index (κ1) is 33.9. The molecule has 19 heteroatoms. The molecule has 12 N–H and O–H groups in total. The van der Waals surface area contributed by atoms with Crippen LogP contribution in [0.1, 0.15) is 70.6 Å². The summed E-state index contributed by atoms with van der Waals surface area (Å²) in [6.07, 6.45) is 3.15. The van der Waals surface area contributed by atoms with E-state index in [4.69, 9.17) is 11.1 Å². The maximum Gasteiger partial charge on any atom is 0.275 e. The SMILES string of the molecule is C=C(Br)C(=O)Nc1n[nH]c(C(=O)Nc2n[nH]c(C(=O)Nc3c[nH]c(C(=O)Nc4c[nH]c(C(=O)NCCC(=N)N)c4C)c3C)c2C)c1C. The topological polar surface area (TPSA) is 284 Å². The highest BCUT2D eigenvalue weighted by Gasteiger charge is 2.24. The molecule has 0 fully saturated rings. The summed E-state index contributed by atoms with van der Waals surface area (Å²) in [6.45, 7) is 10.2. The fourth-order valence-electron chi connectivity index (χ4n) is 4.32. The van der Waals surface area contributed by atoms with Gasteiger partial charge >= 0.3 is 0 Å². The fraction of sp³-hybridized carbons (Fsp3) is 0.214. The quantitative estimate of drug-likeness (QED) is 0.0589. The molecule has 5 amide bonds. The molecule has 0 aliphatic carbocycles. The number of H-pyrrole nitrogens is 4. The van der Waals surface area contributed by atoms with Crippen molar-refractivity contribution in [3.05, 3.63) is 68.5 Å². The van der Waals surface area contributed by atoms with Gasteiger partial charge in [-0.1, -0.05) is 6.58 Å². The van der Waals surface area contributed by atoms with Gasteiger partial charge < -0.3 is 42.3 Å². The monoisotopic (exact) mass is 709 g/mol. The Morgan fingerprint density at radius 2 is 1.19 bits per heavy atom. The van der Waals surface area contributed by atoms with Crippen LogP contribution in [-0.2, 0) is 4.79 Å². The number of nitrogens with two attached hydrogens (primary N) is 1. The molecule has 4 aromatic rings. The summed E-state index contributed by atoms with van der Waals surface area (Å²) in [6, 6.07) is 0. The van der Waals surface area contributed by atoms with Crippen LogP contribution in [0, 0.1) is 33.1 Å². The van der Waals surface area contributed by atoms with Crippen LogP contribution in [-0.4, -0.2) is 72.3 Å². The Morgan fingerprint density at radius 3 is 1.68 bits per heavy atom. The fourth-order valence-corrected chi connectivity index (χ4v) is 4.42. The maximum absolute atomic E-state index is 13.1. The van der Waals surface area contributed by atoms with Crippen LogP contribution in [0.2, 0.25) is 0 Å². The minimum atomic E-state index is -0.606. The van der Waals surface area contributed by atoms with Gasteiger partial charge in [-0.25, -0.2) is 0 Å². The van der Waals surface area contributed by atoms with E-state index in [1.807, 2.05) is 0 Å². The molecule has 0 aliphatic heterocycles. The van der Waals surface area contributed by atoms with Gasteiger partial charge in [0, 0.05) is 47.6 Å². The van der Waals surface area contributed by atoms with Gasteiger partial charge in [0.15, 0.2) is 11.6 Å². The van der Waals surface area contributed by atoms with Gasteiger partial charge in [0.25, 0.3) is 29.5 Å². The van der Waals surface area contributed by atoms with Gasteiger partial charge in [0.2, 0.25) is 0 Å². The second-order valence-electron chi connectivity index (χ2n) is 10.3. The normalized spacial score (nSPS) is 10.7.